The van der Waals surface area contributed by atoms with Gasteiger partial charge in [-0.15, -0.1) is 11.3 Å². The number of ether oxygens (including phenoxy) is 1. The smallest absolute Gasteiger partial charge is 0.267 e. The van der Waals surface area contributed by atoms with Crippen molar-refractivity contribution in [2.24, 2.45) is 0 Å². The number of carbonyl (C=O) groups is 1. The zero-order valence-electron chi connectivity index (χ0n) is 15.9. The number of thiophene rings is 1. The lowest BCUT2D eigenvalue weighted by Gasteiger charge is -2.10. The summed E-state index contributed by atoms with van der Waals surface area (Å²) in [4.78, 5) is 17.7. The number of thiazole rings is 1. The van der Waals surface area contributed by atoms with Crippen molar-refractivity contribution in [2.75, 3.05) is 5.32 Å². The fourth-order valence-electron chi connectivity index (χ4n) is 3.00. The Morgan fingerprint density at radius 1 is 1.11 bits per heavy atom. The van der Waals surface area contributed by atoms with E-state index in [1.54, 1.807) is 0 Å². The van der Waals surface area contributed by atoms with E-state index in [-0.39, 0.29) is 5.91 Å². The molecule has 0 unspecified atom stereocenters. The Labute approximate surface area is 171 Å². The first-order valence-electron chi connectivity index (χ1n) is 8.94. The largest absolute Gasteiger partial charge is 0.488 e. The minimum Gasteiger partial charge on any atom is -0.488 e. The van der Waals surface area contributed by atoms with Crippen LogP contribution in [0.1, 0.15) is 31.9 Å². The number of anilines is 1. The van der Waals surface area contributed by atoms with Gasteiger partial charge in [0.05, 0.1) is 15.1 Å². The predicted octanol–water partition coefficient (Wildman–Crippen LogP) is 6.11. The van der Waals surface area contributed by atoms with Gasteiger partial charge < -0.3 is 4.74 Å². The van der Waals surface area contributed by atoms with Crippen LogP contribution in [0.15, 0.2) is 47.8 Å². The molecule has 0 aliphatic rings. The Morgan fingerprint density at radius 3 is 2.68 bits per heavy atom. The third kappa shape index (κ3) is 3.93. The Morgan fingerprint density at radius 2 is 1.89 bits per heavy atom. The van der Waals surface area contributed by atoms with Crippen LogP contribution in [0.2, 0.25) is 0 Å². The van der Waals surface area contributed by atoms with E-state index in [1.807, 2.05) is 62.5 Å². The number of hydrogen-bond acceptors (Lipinski definition) is 5. The maximum Gasteiger partial charge on any atom is 0.267 e. The average molecular weight is 409 g/mol. The molecule has 2 aromatic heterocycles. The summed E-state index contributed by atoms with van der Waals surface area (Å²) in [5.74, 6) is 0.767. The lowest BCUT2D eigenvalue weighted by molar-refractivity contribution is 0.103. The number of aryl methyl sites for hydroxylation is 3. The molecule has 28 heavy (non-hydrogen) atoms. The standard InChI is InChI=1S/C22H20N2O2S2/c1-13-7-8-17-18(9-13)28-22(23-17)24-21(25)19-10-16(12-27-19)11-26-20-14(2)5-4-6-15(20)3/h4-10,12H,11H2,1-3H3,(H,23,24,25). The van der Waals surface area contributed by atoms with Crippen LogP contribution in [0.4, 0.5) is 5.13 Å². The van der Waals surface area contributed by atoms with Gasteiger partial charge >= 0.3 is 0 Å². The minimum absolute atomic E-state index is 0.140. The summed E-state index contributed by atoms with van der Waals surface area (Å²) < 4.78 is 7.05. The fourth-order valence-corrected chi connectivity index (χ4v) is 4.75. The summed E-state index contributed by atoms with van der Waals surface area (Å²) in [7, 11) is 0. The summed E-state index contributed by atoms with van der Waals surface area (Å²) in [6.45, 7) is 6.56. The summed E-state index contributed by atoms with van der Waals surface area (Å²) in [6, 6.07) is 14.1. The summed E-state index contributed by atoms with van der Waals surface area (Å²) in [5, 5.41) is 5.49. The number of aromatic nitrogens is 1. The van der Waals surface area contributed by atoms with E-state index >= 15 is 0 Å². The van der Waals surface area contributed by atoms with E-state index in [9.17, 15) is 4.79 Å². The molecule has 0 fully saturated rings. The normalized spacial score (nSPS) is 11.0. The van der Waals surface area contributed by atoms with E-state index in [4.69, 9.17) is 4.74 Å². The van der Waals surface area contributed by atoms with Crippen molar-refractivity contribution in [3.8, 4) is 5.75 Å². The first-order valence-corrected chi connectivity index (χ1v) is 10.6. The number of fused-ring (bicyclic) bond motifs is 1. The molecule has 0 atom stereocenters. The van der Waals surface area contributed by atoms with Gasteiger partial charge in [0, 0.05) is 5.56 Å². The quantitative estimate of drug-likeness (QED) is 0.433. The molecular weight excluding hydrogens is 388 g/mol. The first-order chi connectivity index (χ1) is 13.5. The molecular formula is C22H20N2O2S2. The second-order valence-electron chi connectivity index (χ2n) is 6.77. The SMILES string of the molecule is Cc1ccc2nc(NC(=O)c3cc(COc4c(C)cccc4C)cs3)sc2c1. The molecule has 6 heteroatoms. The van der Waals surface area contributed by atoms with Gasteiger partial charge in [0.25, 0.3) is 5.91 Å². The molecule has 1 amide bonds. The van der Waals surface area contributed by atoms with Gasteiger partial charge in [-0.1, -0.05) is 35.6 Å². The zero-order valence-corrected chi connectivity index (χ0v) is 17.5. The number of nitrogens with one attached hydrogen (secondary N) is 1. The lowest BCUT2D eigenvalue weighted by atomic mass is 10.1. The molecule has 0 bridgehead atoms. The van der Waals surface area contributed by atoms with Gasteiger partial charge in [-0.3, -0.25) is 10.1 Å². The van der Waals surface area contributed by atoms with Crippen LogP contribution in [-0.2, 0) is 6.61 Å². The molecule has 0 aliphatic carbocycles. The van der Waals surface area contributed by atoms with Crippen LogP contribution in [-0.4, -0.2) is 10.9 Å². The molecule has 0 saturated heterocycles. The van der Waals surface area contributed by atoms with Gasteiger partial charge in [0.15, 0.2) is 5.13 Å². The van der Waals surface area contributed by atoms with Crippen molar-refractivity contribution < 1.29 is 9.53 Å². The number of hydrogen-bond donors (Lipinski definition) is 1. The number of amides is 1. The molecule has 0 radical (unpaired) electrons. The van der Waals surface area contributed by atoms with E-state index in [0.717, 1.165) is 32.7 Å². The average Bonchev–Trinajstić information content (AvgIpc) is 3.27. The number of rotatable bonds is 5. The molecule has 0 saturated carbocycles. The lowest BCUT2D eigenvalue weighted by Crippen LogP contribution is -2.09. The molecule has 2 aromatic carbocycles. The molecule has 1 N–H and O–H groups in total. The Hall–Kier alpha value is -2.70. The van der Waals surface area contributed by atoms with Crippen molar-refractivity contribution in [1.29, 1.82) is 0 Å². The molecule has 0 spiro atoms. The maximum absolute atomic E-state index is 12.6. The van der Waals surface area contributed by atoms with Crippen LogP contribution in [0, 0.1) is 20.8 Å². The maximum atomic E-state index is 12.6. The molecule has 4 rings (SSSR count). The van der Waals surface area contributed by atoms with Crippen molar-refractivity contribution in [2.45, 2.75) is 27.4 Å². The van der Waals surface area contributed by atoms with Gasteiger partial charge in [-0.25, -0.2) is 4.98 Å². The van der Waals surface area contributed by atoms with Gasteiger partial charge in [0.2, 0.25) is 0 Å². The third-order valence-corrected chi connectivity index (χ3v) is 6.35. The summed E-state index contributed by atoms with van der Waals surface area (Å²) >= 11 is 2.90. The van der Waals surface area contributed by atoms with Gasteiger partial charge in [-0.2, -0.15) is 0 Å². The Bertz CT molecular complexity index is 1140. The third-order valence-electron chi connectivity index (χ3n) is 4.43. The first kappa shape index (κ1) is 18.7. The fraction of sp³-hybridized carbons (Fsp3) is 0.182. The van der Waals surface area contributed by atoms with Crippen molar-refractivity contribution in [1.82, 2.24) is 4.98 Å². The van der Waals surface area contributed by atoms with Crippen molar-refractivity contribution >= 4 is 43.9 Å². The highest BCUT2D eigenvalue weighted by molar-refractivity contribution is 7.22. The van der Waals surface area contributed by atoms with Gasteiger partial charge in [-0.05, 0) is 61.0 Å². The molecule has 4 nitrogen and oxygen atoms in total. The van der Waals surface area contributed by atoms with Crippen LogP contribution < -0.4 is 10.1 Å². The zero-order chi connectivity index (χ0) is 19.7. The number of benzene rings is 2. The van der Waals surface area contributed by atoms with E-state index in [2.05, 4.69) is 16.4 Å². The second kappa shape index (κ2) is 7.73. The highest BCUT2D eigenvalue weighted by atomic mass is 32.1. The summed E-state index contributed by atoms with van der Waals surface area (Å²) in [5.41, 5.74) is 5.29. The van der Waals surface area contributed by atoms with E-state index in [1.165, 1.54) is 28.2 Å². The molecule has 4 aromatic rings. The topological polar surface area (TPSA) is 51.2 Å². The highest BCUT2D eigenvalue weighted by Crippen LogP contribution is 2.28. The van der Waals surface area contributed by atoms with Crippen LogP contribution in [0.25, 0.3) is 10.2 Å². The van der Waals surface area contributed by atoms with Crippen molar-refractivity contribution in [3.63, 3.8) is 0 Å². The summed E-state index contributed by atoms with van der Waals surface area (Å²) in [6.07, 6.45) is 0. The van der Waals surface area contributed by atoms with Crippen LogP contribution in [0.3, 0.4) is 0 Å². The van der Waals surface area contributed by atoms with Gasteiger partial charge in [0.1, 0.15) is 12.4 Å². The van der Waals surface area contributed by atoms with Crippen molar-refractivity contribution in [3.05, 3.63) is 75.0 Å². The predicted molar refractivity (Wildman–Crippen MR) is 117 cm³/mol. The van der Waals surface area contributed by atoms with Crippen LogP contribution in [0.5, 0.6) is 5.75 Å². The highest BCUT2D eigenvalue weighted by Gasteiger charge is 2.13. The van der Waals surface area contributed by atoms with Crippen LogP contribution >= 0.6 is 22.7 Å². The molecule has 2 heterocycles. The second-order valence-corrected chi connectivity index (χ2v) is 8.72. The Balaban J connectivity index is 1.43. The minimum atomic E-state index is -0.140. The van der Waals surface area contributed by atoms with E-state index in [0.29, 0.717) is 16.6 Å². The molecule has 142 valence electrons. The number of para-hydroxylation sites is 1. The number of nitrogens with zero attached hydrogens (tertiary/aromatic N) is 1. The number of carbonyl (C=O) groups excluding carboxylic acids is 1. The Kier molecular flexibility index (Phi) is 5.15. The van der Waals surface area contributed by atoms with E-state index < -0.39 is 0 Å². The monoisotopic (exact) mass is 408 g/mol. The molecule has 0 aliphatic heterocycles.